The molecule has 0 aliphatic carbocycles. The molecule has 0 spiro atoms. The van der Waals surface area contributed by atoms with E-state index in [2.05, 4.69) is 5.32 Å². The summed E-state index contributed by atoms with van der Waals surface area (Å²) in [7, 11) is 1.43. The Morgan fingerprint density at radius 2 is 2.00 bits per heavy atom. The Balaban J connectivity index is 4.59. The van der Waals surface area contributed by atoms with E-state index >= 15 is 0 Å². The molecule has 1 unspecified atom stereocenters. The van der Waals surface area contributed by atoms with E-state index < -0.39 is 17.3 Å². The maximum Gasteiger partial charge on any atom is 0.318 e. The van der Waals surface area contributed by atoms with Gasteiger partial charge in [-0.15, -0.1) is 0 Å². The van der Waals surface area contributed by atoms with Crippen LogP contribution < -0.4 is 5.32 Å². The lowest BCUT2D eigenvalue weighted by atomic mass is 9.87. The molecular formula is C7H13NO3. The minimum absolute atomic E-state index is 0.294. The monoisotopic (exact) mass is 159 g/mol. The highest BCUT2D eigenvalue weighted by atomic mass is 16.4. The van der Waals surface area contributed by atoms with Gasteiger partial charge in [0.25, 0.3) is 0 Å². The molecule has 1 amide bonds. The van der Waals surface area contributed by atoms with E-state index in [0.29, 0.717) is 6.42 Å². The summed E-state index contributed by atoms with van der Waals surface area (Å²) in [6.45, 7) is 3.08. The van der Waals surface area contributed by atoms with Crippen molar-refractivity contribution in [3.05, 3.63) is 0 Å². The summed E-state index contributed by atoms with van der Waals surface area (Å²) in [6, 6.07) is 0. The van der Waals surface area contributed by atoms with E-state index in [1.165, 1.54) is 14.0 Å². The maximum absolute atomic E-state index is 11.0. The molecular weight excluding hydrogens is 146 g/mol. The van der Waals surface area contributed by atoms with Gasteiger partial charge >= 0.3 is 5.97 Å². The summed E-state index contributed by atoms with van der Waals surface area (Å²) < 4.78 is 0. The van der Waals surface area contributed by atoms with Crippen molar-refractivity contribution in [2.45, 2.75) is 20.3 Å². The fourth-order valence-corrected chi connectivity index (χ4v) is 0.685. The summed E-state index contributed by atoms with van der Waals surface area (Å²) in [5.41, 5.74) is -1.28. The molecule has 4 nitrogen and oxygen atoms in total. The van der Waals surface area contributed by atoms with Crippen molar-refractivity contribution in [2.24, 2.45) is 5.41 Å². The number of carboxylic acid groups (broad SMARTS) is 1. The van der Waals surface area contributed by atoms with Gasteiger partial charge in [-0.25, -0.2) is 0 Å². The van der Waals surface area contributed by atoms with Crippen LogP contribution in [0.2, 0.25) is 0 Å². The molecule has 2 N–H and O–H groups in total. The van der Waals surface area contributed by atoms with Crippen molar-refractivity contribution >= 4 is 11.9 Å². The summed E-state index contributed by atoms with van der Waals surface area (Å²) in [5, 5.41) is 11.0. The zero-order chi connectivity index (χ0) is 9.07. The second kappa shape index (κ2) is 3.37. The zero-order valence-electron chi connectivity index (χ0n) is 6.97. The molecule has 0 fully saturated rings. The Labute approximate surface area is 65.6 Å². The van der Waals surface area contributed by atoms with Crippen molar-refractivity contribution < 1.29 is 14.7 Å². The number of carbonyl (C=O) groups is 2. The quantitative estimate of drug-likeness (QED) is 0.579. The molecule has 0 rings (SSSR count). The number of amides is 1. The Morgan fingerprint density at radius 3 is 2.09 bits per heavy atom. The van der Waals surface area contributed by atoms with Gasteiger partial charge in [-0.3, -0.25) is 9.59 Å². The predicted molar refractivity (Wildman–Crippen MR) is 40.1 cm³/mol. The predicted octanol–water partition coefficient (Wildman–Crippen LogP) is 0.233. The molecule has 0 saturated carbocycles. The number of rotatable bonds is 3. The van der Waals surface area contributed by atoms with Crippen LogP contribution in [-0.4, -0.2) is 24.0 Å². The first kappa shape index (κ1) is 9.94. The number of carbonyl (C=O) groups excluding carboxylic acids is 1. The largest absolute Gasteiger partial charge is 0.480 e. The van der Waals surface area contributed by atoms with Crippen molar-refractivity contribution in [1.82, 2.24) is 5.32 Å². The van der Waals surface area contributed by atoms with Crippen LogP contribution in [-0.2, 0) is 9.59 Å². The van der Waals surface area contributed by atoms with Gasteiger partial charge in [0, 0.05) is 7.05 Å². The lowest BCUT2D eigenvalue weighted by molar-refractivity contribution is -0.154. The first-order valence-corrected chi connectivity index (χ1v) is 3.44. The SMILES string of the molecule is CCC(C)(C(=O)O)C(=O)NC. The molecule has 1 atom stereocenters. The van der Waals surface area contributed by atoms with E-state index in [0.717, 1.165) is 0 Å². The summed E-state index contributed by atoms with van der Waals surface area (Å²) in [4.78, 5) is 21.6. The molecule has 0 heterocycles. The van der Waals surface area contributed by atoms with Crippen molar-refractivity contribution in [3.8, 4) is 0 Å². The normalized spacial score (nSPS) is 15.2. The molecule has 0 aromatic rings. The minimum Gasteiger partial charge on any atom is -0.480 e. The first-order chi connectivity index (χ1) is 4.99. The second-order valence-electron chi connectivity index (χ2n) is 2.57. The van der Waals surface area contributed by atoms with Gasteiger partial charge in [0.1, 0.15) is 5.41 Å². The fourth-order valence-electron chi connectivity index (χ4n) is 0.685. The lowest BCUT2D eigenvalue weighted by Crippen LogP contribution is -2.42. The van der Waals surface area contributed by atoms with Gasteiger partial charge in [-0.2, -0.15) is 0 Å². The molecule has 0 aromatic carbocycles. The average molecular weight is 159 g/mol. The number of nitrogens with one attached hydrogen (secondary N) is 1. The van der Waals surface area contributed by atoms with Crippen LogP contribution in [0.3, 0.4) is 0 Å². The number of aliphatic carboxylic acids is 1. The van der Waals surface area contributed by atoms with Crippen LogP contribution in [0.15, 0.2) is 0 Å². The molecule has 0 aliphatic rings. The molecule has 0 radical (unpaired) electrons. The average Bonchev–Trinajstić information content (AvgIpc) is 2.01. The summed E-state index contributed by atoms with van der Waals surface area (Å²) in [6.07, 6.45) is 0.294. The van der Waals surface area contributed by atoms with E-state index in [9.17, 15) is 9.59 Å². The van der Waals surface area contributed by atoms with Crippen LogP contribution >= 0.6 is 0 Å². The van der Waals surface area contributed by atoms with Crippen LogP contribution in [0.25, 0.3) is 0 Å². The molecule has 0 saturated heterocycles. The first-order valence-electron chi connectivity index (χ1n) is 3.44. The van der Waals surface area contributed by atoms with Crippen LogP contribution in [0, 0.1) is 5.41 Å². The highest BCUT2D eigenvalue weighted by Gasteiger charge is 2.38. The molecule has 11 heavy (non-hydrogen) atoms. The third-order valence-electron chi connectivity index (χ3n) is 1.91. The second-order valence-corrected chi connectivity index (χ2v) is 2.57. The minimum atomic E-state index is -1.28. The Morgan fingerprint density at radius 1 is 1.55 bits per heavy atom. The summed E-state index contributed by atoms with van der Waals surface area (Å²) in [5.74, 6) is -1.54. The molecule has 0 aliphatic heterocycles. The topological polar surface area (TPSA) is 66.4 Å². The smallest absolute Gasteiger partial charge is 0.318 e. The van der Waals surface area contributed by atoms with E-state index in [4.69, 9.17) is 5.11 Å². The van der Waals surface area contributed by atoms with Gasteiger partial charge in [0.2, 0.25) is 5.91 Å². The van der Waals surface area contributed by atoms with Gasteiger partial charge < -0.3 is 10.4 Å². The van der Waals surface area contributed by atoms with Crippen LogP contribution in [0.4, 0.5) is 0 Å². The van der Waals surface area contributed by atoms with Gasteiger partial charge in [0.15, 0.2) is 0 Å². The maximum atomic E-state index is 11.0. The van der Waals surface area contributed by atoms with Crippen molar-refractivity contribution in [2.75, 3.05) is 7.05 Å². The van der Waals surface area contributed by atoms with Gasteiger partial charge in [-0.1, -0.05) is 6.92 Å². The van der Waals surface area contributed by atoms with Crippen molar-refractivity contribution in [1.29, 1.82) is 0 Å². The number of carboxylic acids is 1. The van der Waals surface area contributed by atoms with Gasteiger partial charge in [0.05, 0.1) is 0 Å². The molecule has 4 heteroatoms. The van der Waals surface area contributed by atoms with E-state index in [1.807, 2.05) is 0 Å². The lowest BCUT2D eigenvalue weighted by Gasteiger charge is -2.20. The van der Waals surface area contributed by atoms with E-state index in [-0.39, 0.29) is 0 Å². The molecule has 0 aromatic heterocycles. The van der Waals surface area contributed by atoms with Crippen LogP contribution in [0.5, 0.6) is 0 Å². The van der Waals surface area contributed by atoms with E-state index in [1.54, 1.807) is 6.92 Å². The van der Waals surface area contributed by atoms with Crippen molar-refractivity contribution in [3.63, 3.8) is 0 Å². The Bertz CT molecular complexity index is 179. The van der Waals surface area contributed by atoms with Gasteiger partial charge in [-0.05, 0) is 13.3 Å². The Hall–Kier alpha value is -1.06. The highest BCUT2D eigenvalue weighted by Crippen LogP contribution is 2.20. The highest BCUT2D eigenvalue weighted by molar-refractivity contribution is 6.01. The standard InChI is InChI=1S/C7H13NO3/c1-4-7(2,6(10)11)5(9)8-3/h4H2,1-3H3,(H,8,9)(H,10,11). The number of hydrogen-bond acceptors (Lipinski definition) is 2. The zero-order valence-corrected chi connectivity index (χ0v) is 6.97. The fraction of sp³-hybridized carbons (Fsp3) is 0.714. The third-order valence-corrected chi connectivity index (χ3v) is 1.91. The summed E-state index contributed by atoms with van der Waals surface area (Å²) >= 11 is 0. The van der Waals surface area contributed by atoms with Crippen LogP contribution in [0.1, 0.15) is 20.3 Å². The molecule has 64 valence electrons. The third kappa shape index (κ3) is 1.69. The number of hydrogen-bond donors (Lipinski definition) is 2. The molecule has 0 bridgehead atoms. The Kier molecular flexibility index (Phi) is 3.04.